The van der Waals surface area contributed by atoms with Crippen LogP contribution in [0.15, 0.2) is 77.7 Å². The van der Waals surface area contributed by atoms with Crippen molar-refractivity contribution in [1.82, 2.24) is 4.47 Å². The Morgan fingerprint density at radius 2 is 1.71 bits per heavy atom. The Balaban J connectivity index is 1.50. The van der Waals surface area contributed by atoms with Gasteiger partial charge in [-0.05, 0) is 54.6 Å². The quantitative estimate of drug-likeness (QED) is 0.508. The van der Waals surface area contributed by atoms with E-state index in [9.17, 15) is 22.8 Å². The van der Waals surface area contributed by atoms with E-state index in [0.717, 1.165) is 0 Å². The molecule has 1 heterocycles. The van der Waals surface area contributed by atoms with Crippen molar-refractivity contribution in [1.29, 1.82) is 0 Å². The van der Waals surface area contributed by atoms with Crippen LogP contribution in [0.25, 0.3) is 0 Å². The standard InChI is InChI=1S/C24H22N4O6S/c1-27(34-2)35(32,33)19-7-5-6-17(14-19)23(30)25-18-12-10-16(11-13-18)24(31)28-15-22(29)26-20-8-3-4-9-21(20)28/h3-14H,15H2,1-2H3,(H,25,30)(H,26,29). The zero-order valence-corrected chi connectivity index (χ0v) is 19.7. The third kappa shape index (κ3) is 4.92. The van der Waals surface area contributed by atoms with E-state index in [2.05, 4.69) is 10.6 Å². The number of sulfonamides is 1. The predicted octanol–water partition coefficient (Wildman–Crippen LogP) is 2.72. The average Bonchev–Trinajstić information content (AvgIpc) is 2.87. The Labute approximate surface area is 202 Å². The molecule has 3 aromatic carbocycles. The number of anilines is 3. The fourth-order valence-corrected chi connectivity index (χ4v) is 4.53. The molecule has 1 aliphatic heterocycles. The van der Waals surface area contributed by atoms with Gasteiger partial charge in [-0.2, -0.15) is 0 Å². The minimum absolute atomic E-state index is 0.0960. The van der Waals surface area contributed by atoms with Gasteiger partial charge >= 0.3 is 0 Å². The second-order valence-corrected chi connectivity index (χ2v) is 9.55. The molecule has 0 aliphatic carbocycles. The van der Waals surface area contributed by atoms with Crippen LogP contribution >= 0.6 is 0 Å². The van der Waals surface area contributed by atoms with Crippen LogP contribution in [0.2, 0.25) is 0 Å². The Kier molecular flexibility index (Phi) is 6.65. The van der Waals surface area contributed by atoms with Gasteiger partial charge in [0.2, 0.25) is 5.91 Å². The normalized spacial score (nSPS) is 13.2. The molecule has 35 heavy (non-hydrogen) atoms. The molecule has 11 heteroatoms. The number of hydroxylamine groups is 1. The van der Waals surface area contributed by atoms with Crippen molar-refractivity contribution < 1.29 is 27.6 Å². The van der Waals surface area contributed by atoms with E-state index in [1.807, 2.05) is 0 Å². The fourth-order valence-electron chi connectivity index (χ4n) is 3.51. The summed E-state index contributed by atoms with van der Waals surface area (Å²) in [6, 6.07) is 18.8. The van der Waals surface area contributed by atoms with Gasteiger partial charge < -0.3 is 10.6 Å². The summed E-state index contributed by atoms with van der Waals surface area (Å²) in [5.41, 5.74) is 2.03. The lowest BCUT2D eigenvalue weighted by molar-refractivity contribution is -0.115. The number of nitrogens with zero attached hydrogens (tertiary/aromatic N) is 2. The monoisotopic (exact) mass is 494 g/mol. The topological polar surface area (TPSA) is 125 Å². The van der Waals surface area contributed by atoms with Gasteiger partial charge in [0.25, 0.3) is 21.8 Å². The van der Waals surface area contributed by atoms with Gasteiger partial charge in [0, 0.05) is 23.9 Å². The third-order valence-corrected chi connectivity index (χ3v) is 7.07. The SMILES string of the molecule is CON(C)S(=O)(=O)c1cccc(C(=O)Nc2ccc(C(=O)N3CC(=O)Nc4ccccc43)cc2)c1. The maximum Gasteiger partial charge on any atom is 0.264 e. The number of rotatable bonds is 6. The van der Waals surface area contributed by atoms with Crippen LogP contribution in [0.1, 0.15) is 20.7 Å². The molecule has 3 aromatic rings. The number of para-hydroxylation sites is 2. The van der Waals surface area contributed by atoms with E-state index in [1.54, 1.807) is 48.5 Å². The van der Waals surface area contributed by atoms with Crippen molar-refractivity contribution in [3.8, 4) is 0 Å². The summed E-state index contributed by atoms with van der Waals surface area (Å²) in [5.74, 6) is -1.17. The van der Waals surface area contributed by atoms with Crippen LogP contribution in [-0.4, -0.2) is 51.3 Å². The lowest BCUT2D eigenvalue weighted by Crippen LogP contribution is -2.42. The molecule has 3 amide bonds. The van der Waals surface area contributed by atoms with Crippen LogP contribution < -0.4 is 15.5 Å². The predicted molar refractivity (Wildman–Crippen MR) is 130 cm³/mol. The van der Waals surface area contributed by atoms with Crippen molar-refractivity contribution in [3.63, 3.8) is 0 Å². The van der Waals surface area contributed by atoms with Gasteiger partial charge in [0.1, 0.15) is 6.54 Å². The number of amides is 3. The lowest BCUT2D eigenvalue weighted by atomic mass is 10.1. The molecule has 0 radical (unpaired) electrons. The number of hydrogen-bond acceptors (Lipinski definition) is 6. The van der Waals surface area contributed by atoms with E-state index in [-0.39, 0.29) is 28.8 Å². The van der Waals surface area contributed by atoms with E-state index < -0.39 is 15.9 Å². The number of nitrogens with one attached hydrogen (secondary N) is 2. The Morgan fingerprint density at radius 1 is 1.00 bits per heavy atom. The largest absolute Gasteiger partial charge is 0.323 e. The summed E-state index contributed by atoms with van der Waals surface area (Å²) in [6.07, 6.45) is 0. The number of fused-ring (bicyclic) bond motifs is 1. The molecule has 180 valence electrons. The summed E-state index contributed by atoms with van der Waals surface area (Å²) in [4.78, 5) is 43.8. The van der Waals surface area contributed by atoms with Crippen LogP contribution in [-0.2, 0) is 19.7 Å². The van der Waals surface area contributed by atoms with Gasteiger partial charge in [0.15, 0.2) is 0 Å². The highest BCUT2D eigenvalue weighted by Gasteiger charge is 2.27. The molecular formula is C24H22N4O6S. The van der Waals surface area contributed by atoms with Crippen LogP contribution in [0, 0.1) is 0 Å². The van der Waals surface area contributed by atoms with E-state index in [0.29, 0.717) is 27.1 Å². The van der Waals surface area contributed by atoms with E-state index >= 15 is 0 Å². The van der Waals surface area contributed by atoms with E-state index in [1.165, 1.54) is 43.3 Å². The number of hydrogen-bond donors (Lipinski definition) is 2. The second-order valence-electron chi connectivity index (χ2n) is 7.61. The van der Waals surface area contributed by atoms with Crippen LogP contribution in [0.4, 0.5) is 17.1 Å². The molecule has 0 unspecified atom stereocenters. The molecule has 0 bridgehead atoms. The van der Waals surface area contributed by atoms with Gasteiger partial charge in [0.05, 0.1) is 23.4 Å². The highest BCUT2D eigenvalue weighted by molar-refractivity contribution is 7.89. The van der Waals surface area contributed by atoms with Crippen molar-refractivity contribution in [2.24, 2.45) is 0 Å². The first-order valence-corrected chi connectivity index (χ1v) is 11.9. The average molecular weight is 495 g/mol. The molecule has 10 nitrogen and oxygen atoms in total. The maximum absolute atomic E-state index is 13.1. The van der Waals surface area contributed by atoms with Gasteiger partial charge in [-0.15, -0.1) is 0 Å². The summed E-state index contributed by atoms with van der Waals surface area (Å²) < 4.78 is 25.6. The van der Waals surface area contributed by atoms with Crippen molar-refractivity contribution in [2.75, 3.05) is 36.2 Å². The van der Waals surface area contributed by atoms with E-state index in [4.69, 9.17) is 4.84 Å². The number of carbonyl (C=O) groups excluding carboxylic acids is 3. The molecule has 0 atom stereocenters. The second kappa shape index (κ2) is 9.66. The Bertz CT molecular complexity index is 1410. The molecule has 0 aromatic heterocycles. The summed E-state index contributed by atoms with van der Waals surface area (Å²) in [6.45, 7) is -0.105. The van der Waals surface area contributed by atoms with Gasteiger partial charge in [-0.25, -0.2) is 8.42 Å². The maximum atomic E-state index is 13.1. The summed E-state index contributed by atoms with van der Waals surface area (Å²) in [7, 11) is -1.44. The third-order valence-electron chi connectivity index (χ3n) is 5.40. The molecule has 0 fully saturated rings. The van der Waals surface area contributed by atoms with Crippen LogP contribution in [0.3, 0.4) is 0 Å². The van der Waals surface area contributed by atoms with Crippen LogP contribution in [0.5, 0.6) is 0 Å². The Hall–Kier alpha value is -4.06. The minimum Gasteiger partial charge on any atom is -0.323 e. The first kappa shape index (κ1) is 24.1. The first-order valence-electron chi connectivity index (χ1n) is 10.5. The molecule has 0 saturated carbocycles. The van der Waals surface area contributed by atoms with Crippen molar-refractivity contribution in [2.45, 2.75) is 4.90 Å². The zero-order valence-electron chi connectivity index (χ0n) is 18.9. The first-order chi connectivity index (χ1) is 16.7. The van der Waals surface area contributed by atoms with Crippen molar-refractivity contribution in [3.05, 3.63) is 83.9 Å². The fraction of sp³-hybridized carbons (Fsp3) is 0.125. The molecular weight excluding hydrogens is 472 g/mol. The zero-order chi connectivity index (χ0) is 25.2. The van der Waals surface area contributed by atoms with Gasteiger partial charge in [-0.1, -0.05) is 22.7 Å². The summed E-state index contributed by atoms with van der Waals surface area (Å²) in [5, 5.41) is 5.42. The highest BCUT2D eigenvalue weighted by atomic mass is 32.2. The summed E-state index contributed by atoms with van der Waals surface area (Å²) >= 11 is 0. The highest BCUT2D eigenvalue weighted by Crippen LogP contribution is 2.30. The smallest absolute Gasteiger partial charge is 0.264 e. The Morgan fingerprint density at radius 3 is 2.43 bits per heavy atom. The molecule has 0 spiro atoms. The van der Waals surface area contributed by atoms with Gasteiger partial charge in [-0.3, -0.25) is 24.1 Å². The van der Waals surface area contributed by atoms with Crippen molar-refractivity contribution >= 4 is 44.8 Å². The molecule has 2 N–H and O–H groups in total. The minimum atomic E-state index is -3.91. The molecule has 0 saturated heterocycles. The lowest BCUT2D eigenvalue weighted by Gasteiger charge is -2.29. The molecule has 4 rings (SSSR count). The number of carbonyl (C=O) groups is 3. The molecule has 1 aliphatic rings. The number of benzene rings is 3.